The van der Waals surface area contributed by atoms with E-state index in [9.17, 15) is 4.79 Å². The van der Waals surface area contributed by atoms with Crippen LogP contribution in [0.15, 0.2) is 53.6 Å². The third-order valence-corrected chi connectivity index (χ3v) is 6.31. The maximum atomic E-state index is 12.6. The highest BCUT2D eigenvalue weighted by atomic mass is 16.5. The molecular weight excluding hydrogens is 380 g/mol. The molecule has 2 aliphatic rings. The van der Waals surface area contributed by atoms with Crippen molar-refractivity contribution in [1.82, 2.24) is 30.3 Å². The summed E-state index contributed by atoms with van der Waals surface area (Å²) in [6, 6.07) is 10.5. The van der Waals surface area contributed by atoms with E-state index in [1.165, 1.54) is 24.3 Å². The average molecular weight is 404 g/mol. The topological polar surface area (TPSA) is 97.0 Å². The normalized spacial score (nSPS) is 25.9. The van der Waals surface area contributed by atoms with E-state index in [0.29, 0.717) is 23.2 Å². The van der Waals surface area contributed by atoms with Gasteiger partial charge in [-0.05, 0) is 31.2 Å². The van der Waals surface area contributed by atoms with Crippen LogP contribution in [0.2, 0.25) is 0 Å². The Labute approximate surface area is 174 Å². The zero-order valence-electron chi connectivity index (χ0n) is 16.9. The van der Waals surface area contributed by atoms with Crippen molar-refractivity contribution >= 4 is 5.91 Å². The van der Waals surface area contributed by atoms with Gasteiger partial charge in [-0.2, -0.15) is 4.98 Å². The van der Waals surface area contributed by atoms with Crippen LogP contribution < -0.4 is 5.32 Å². The standard InChI is InChI=1S/C22H24N6O2/c1-15-25-21(30-27-15)22-8-19(26-20(29)17-9-23-14-24-10-17)7-18(22)12-28(13-22)11-16-5-3-2-4-6-16/h2-6,9-10,14,18-19H,7-8,11-13H2,1H3,(H,26,29). The minimum atomic E-state index is -0.235. The molecule has 3 heterocycles. The van der Waals surface area contributed by atoms with Gasteiger partial charge < -0.3 is 9.84 Å². The Morgan fingerprint density at radius 3 is 2.80 bits per heavy atom. The van der Waals surface area contributed by atoms with Crippen molar-refractivity contribution in [3.63, 3.8) is 0 Å². The fraction of sp³-hybridized carbons (Fsp3) is 0.409. The maximum Gasteiger partial charge on any atom is 0.254 e. The molecule has 1 aliphatic carbocycles. The Bertz CT molecular complexity index is 1020. The van der Waals surface area contributed by atoms with E-state index >= 15 is 0 Å². The van der Waals surface area contributed by atoms with Crippen LogP contribution in [0.1, 0.15) is 40.5 Å². The molecule has 8 heteroatoms. The number of amides is 1. The number of fused-ring (bicyclic) bond motifs is 1. The second-order valence-corrected chi connectivity index (χ2v) is 8.39. The molecule has 2 aromatic heterocycles. The molecule has 154 valence electrons. The van der Waals surface area contributed by atoms with E-state index in [1.54, 1.807) is 0 Å². The molecule has 3 aromatic rings. The zero-order chi connectivity index (χ0) is 20.6. The van der Waals surface area contributed by atoms with E-state index in [4.69, 9.17) is 4.52 Å². The molecule has 1 aliphatic heterocycles. The van der Waals surface area contributed by atoms with Crippen LogP contribution >= 0.6 is 0 Å². The van der Waals surface area contributed by atoms with Gasteiger partial charge in [0.1, 0.15) is 6.33 Å². The van der Waals surface area contributed by atoms with Gasteiger partial charge in [-0.25, -0.2) is 9.97 Å². The number of hydrogen-bond donors (Lipinski definition) is 1. The summed E-state index contributed by atoms with van der Waals surface area (Å²) in [5.41, 5.74) is 1.53. The predicted molar refractivity (Wildman–Crippen MR) is 108 cm³/mol. The smallest absolute Gasteiger partial charge is 0.254 e. The number of rotatable bonds is 5. The van der Waals surface area contributed by atoms with Crippen LogP contribution in [0.4, 0.5) is 0 Å². The fourth-order valence-corrected chi connectivity index (χ4v) is 5.06. The number of nitrogens with zero attached hydrogens (tertiary/aromatic N) is 5. The molecule has 30 heavy (non-hydrogen) atoms. The molecule has 1 amide bonds. The van der Waals surface area contributed by atoms with Gasteiger partial charge in [0.05, 0.1) is 11.0 Å². The number of nitrogens with one attached hydrogen (secondary N) is 1. The number of carbonyl (C=O) groups excluding carboxylic acids is 1. The van der Waals surface area contributed by atoms with Crippen LogP contribution in [0.25, 0.3) is 0 Å². The number of benzene rings is 1. The summed E-state index contributed by atoms with van der Waals surface area (Å²) in [4.78, 5) is 27.6. The van der Waals surface area contributed by atoms with Gasteiger partial charge in [-0.1, -0.05) is 35.5 Å². The molecule has 1 aromatic carbocycles. The first-order valence-electron chi connectivity index (χ1n) is 10.3. The predicted octanol–water partition coefficient (Wildman–Crippen LogP) is 2.13. The third-order valence-electron chi connectivity index (χ3n) is 6.31. The summed E-state index contributed by atoms with van der Waals surface area (Å²) in [5.74, 6) is 1.55. The fourth-order valence-electron chi connectivity index (χ4n) is 5.06. The van der Waals surface area contributed by atoms with Crippen molar-refractivity contribution in [3.05, 3.63) is 71.9 Å². The van der Waals surface area contributed by atoms with Gasteiger partial charge in [0.25, 0.3) is 5.91 Å². The van der Waals surface area contributed by atoms with Crippen molar-refractivity contribution in [2.24, 2.45) is 5.92 Å². The monoisotopic (exact) mass is 404 g/mol. The first kappa shape index (κ1) is 18.9. The van der Waals surface area contributed by atoms with Crippen molar-refractivity contribution in [3.8, 4) is 0 Å². The quantitative estimate of drug-likeness (QED) is 0.696. The van der Waals surface area contributed by atoms with Crippen LogP contribution in [-0.4, -0.2) is 50.0 Å². The molecule has 3 atom stereocenters. The summed E-state index contributed by atoms with van der Waals surface area (Å²) in [7, 11) is 0. The average Bonchev–Trinajstić information content (AvgIpc) is 3.42. The summed E-state index contributed by atoms with van der Waals surface area (Å²) in [6.07, 6.45) is 6.16. The first-order valence-corrected chi connectivity index (χ1v) is 10.3. The first-order chi connectivity index (χ1) is 14.6. The lowest BCUT2D eigenvalue weighted by molar-refractivity contribution is 0.0933. The molecule has 8 nitrogen and oxygen atoms in total. The minimum Gasteiger partial charge on any atom is -0.349 e. The summed E-state index contributed by atoms with van der Waals surface area (Å²) >= 11 is 0. The summed E-state index contributed by atoms with van der Waals surface area (Å²) < 4.78 is 5.67. The summed E-state index contributed by atoms with van der Waals surface area (Å²) in [6.45, 7) is 4.52. The van der Waals surface area contributed by atoms with Crippen LogP contribution in [0.3, 0.4) is 0 Å². The molecular formula is C22H24N6O2. The molecule has 1 saturated heterocycles. The maximum absolute atomic E-state index is 12.6. The van der Waals surface area contributed by atoms with E-state index < -0.39 is 0 Å². The molecule has 1 saturated carbocycles. The lowest BCUT2D eigenvalue weighted by Crippen LogP contribution is -2.38. The molecule has 0 bridgehead atoms. The van der Waals surface area contributed by atoms with Gasteiger partial charge in [0.2, 0.25) is 5.89 Å². The SMILES string of the molecule is Cc1noc(C23CC(NC(=O)c4cncnc4)CC2CN(Cc2ccccc2)C3)n1. The molecule has 2 fully saturated rings. The molecule has 0 spiro atoms. The highest BCUT2D eigenvalue weighted by Gasteiger charge is 2.57. The number of aromatic nitrogens is 4. The number of hydrogen-bond acceptors (Lipinski definition) is 7. The van der Waals surface area contributed by atoms with Crippen molar-refractivity contribution in [2.45, 2.75) is 37.8 Å². The van der Waals surface area contributed by atoms with Crippen LogP contribution in [0, 0.1) is 12.8 Å². The van der Waals surface area contributed by atoms with Gasteiger partial charge in [-0.15, -0.1) is 0 Å². The van der Waals surface area contributed by atoms with Crippen LogP contribution in [-0.2, 0) is 12.0 Å². The molecule has 5 rings (SSSR count). The molecule has 0 radical (unpaired) electrons. The van der Waals surface area contributed by atoms with Crippen LogP contribution in [0.5, 0.6) is 0 Å². The van der Waals surface area contributed by atoms with Gasteiger partial charge >= 0.3 is 0 Å². The Morgan fingerprint density at radius 2 is 2.07 bits per heavy atom. The highest BCUT2D eigenvalue weighted by Crippen LogP contribution is 2.50. The highest BCUT2D eigenvalue weighted by molar-refractivity contribution is 5.93. The Hall–Kier alpha value is -3.13. The van der Waals surface area contributed by atoms with Crippen molar-refractivity contribution < 1.29 is 9.32 Å². The van der Waals surface area contributed by atoms with Crippen molar-refractivity contribution in [2.75, 3.05) is 13.1 Å². The van der Waals surface area contributed by atoms with E-state index in [-0.39, 0.29) is 17.4 Å². The van der Waals surface area contributed by atoms with Crippen molar-refractivity contribution in [1.29, 1.82) is 0 Å². The van der Waals surface area contributed by atoms with Gasteiger partial charge in [0.15, 0.2) is 5.82 Å². The van der Waals surface area contributed by atoms with Gasteiger partial charge in [0, 0.05) is 38.1 Å². The largest absolute Gasteiger partial charge is 0.349 e. The molecule has 1 N–H and O–H groups in total. The van der Waals surface area contributed by atoms with E-state index in [1.807, 2.05) is 13.0 Å². The Kier molecular flexibility index (Phi) is 4.78. The zero-order valence-corrected chi connectivity index (χ0v) is 16.9. The van der Waals surface area contributed by atoms with Gasteiger partial charge in [-0.3, -0.25) is 9.69 Å². The van der Waals surface area contributed by atoms with E-state index in [2.05, 4.69) is 54.6 Å². The third kappa shape index (κ3) is 3.47. The lowest BCUT2D eigenvalue weighted by Gasteiger charge is -2.25. The number of aryl methyl sites for hydroxylation is 1. The number of carbonyl (C=O) groups is 1. The van der Waals surface area contributed by atoms with E-state index in [0.717, 1.165) is 32.5 Å². The summed E-state index contributed by atoms with van der Waals surface area (Å²) in [5, 5.41) is 7.21. The number of likely N-dealkylation sites (tertiary alicyclic amines) is 1. The Morgan fingerprint density at radius 1 is 1.27 bits per heavy atom. The minimum absolute atomic E-state index is 0.0498. The Balaban J connectivity index is 1.35. The molecule has 3 unspecified atom stereocenters. The second kappa shape index (κ2) is 7.60. The lowest BCUT2D eigenvalue weighted by atomic mass is 9.80. The second-order valence-electron chi connectivity index (χ2n) is 8.39.